The summed E-state index contributed by atoms with van der Waals surface area (Å²) in [5, 5.41) is 10.2. The molecule has 1 saturated carbocycles. The summed E-state index contributed by atoms with van der Waals surface area (Å²) in [5.74, 6) is -0.117. The lowest BCUT2D eigenvalue weighted by Gasteiger charge is -2.38. The molecule has 0 bridgehead atoms. The second kappa shape index (κ2) is 8.71. The molecule has 0 radical (unpaired) electrons. The highest BCUT2D eigenvalue weighted by Gasteiger charge is 2.36. The van der Waals surface area contributed by atoms with E-state index in [1.165, 1.54) is 4.31 Å². The van der Waals surface area contributed by atoms with Crippen molar-refractivity contribution in [2.24, 2.45) is 5.92 Å². The number of carbonyl (C=O) groups excluding carboxylic acids is 1. The van der Waals surface area contributed by atoms with E-state index in [1.54, 1.807) is 11.9 Å². The molecule has 0 spiro atoms. The van der Waals surface area contributed by atoms with Crippen molar-refractivity contribution < 1.29 is 18.3 Å². The Morgan fingerprint density at radius 1 is 1.11 bits per heavy atom. The molecule has 6 nitrogen and oxygen atoms in total. The Bertz CT molecular complexity index is 730. The van der Waals surface area contributed by atoms with Crippen molar-refractivity contribution in [1.82, 2.24) is 9.21 Å². The zero-order valence-electron chi connectivity index (χ0n) is 16.0. The van der Waals surface area contributed by atoms with E-state index in [2.05, 4.69) is 0 Å². The molecule has 1 aliphatic heterocycles. The number of aliphatic hydroxyl groups excluding tert-OH is 1. The van der Waals surface area contributed by atoms with Gasteiger partial charge in [0.1, 0.15) is 0 Å². The third kappa shape index (κ3) is 4.89. The Labute approximate surface area is 162 Å². The number of hydrogen-bond donors (Lipinski definition) is 1. The minimum absolute atomic E-state index is 0.000617. The predicted octanol–water partition coefficient (Wildman–Crippen LogP) is 1.99. The van der Waals surface area contributed by atoms with Crippen molar-refractivity contribution in [2.45, 2.75) is 56.4 Å². The molecule has 1 aromatic rings. The van der Waals surface area contributed by atoms with Crippen molar-refractivity contribution in [3.05, 3.63) is 35.9 Å². The molecule has 1 heterocycles. The van der Waals surface area contributed by atoms with E-state index in [0.717, 1.165) is 31.2 Å². The summed E-state index contributed by atoms with van der Waals surface area (Å²) in [5.41, 5.74) is 0.779. The van der Waals surface area contributed by atoms with Crippen molar-refractivity contribution in [3.63, 3.8) is 0 Å². The van der Waals surface area contributed by atoms with Gasteiger partial charge in [0.15, 0.2) is 0 Å². The van der Waals surface area contributed by atoms with Crippen LogP contribution in [0.5, 0.6) is 0 Å². The Kier molecular flexibility index (Phi) is 6.55. The molecule has 1 N–H and O–H groups in total. The second-order valence-corrected chi connectivity index (χ2v) is 9.75. The Balaban J connectivity index is 1.55. The summed E-state index contributed by atoms with van der Waals surface area (Å²) in [6.45, 7) is 0.763. The molecule has 1 aromatic carbocycles. The van der Waals surface area contributed by atoms with Crippen molar-refractivity contribution in [2.75, 3.05) is 20.1 Å². The van der Waals surface area contributed by atoms with Gasteiger partial charge < -0.3 is 10.0 Å². The van der Waals surface area contributed by atoms with Crippen molar-refractivity contribution in [1.29, 1.82) is 0 Å². The Morgan fingerprint density at radius 3 is 2.37 bits per heavy atom. The maximum Gasteiger partial charge on any atom is 0.225 e. The summed E-state index contributed by atoms with van der Waals surface area (Å²) in [6, 6.07) is 9.08. The predicted molar refractivity (Wildman–Crippen MR) is 104 cm³/mol. The monoisotopic (exact) mass is 394 g/mol. The number of amides is 1. The van der Waals surface area contributed by atoms with Crippen LogP contribution in [-0.2, 0) is 20.6 Å². The quantitative estimate of drug-likeness (QED) is 0.828. The smallest absolute Gasteiger partial charge is 0.225 e. The van der Waals surface area contributed by atoms with Gasteiger partial charge in [0, 0.05) is 26.1 Å². The maximum atomic E-state index is 12.8. The first kappa shape index (κ1) is 20.3. The fourth-order valence-corrected chi connectivity index (χ4v) is 5.82. The number of aliphatic hydroxyl groups is 1. The number of likely N-dealkylation sites (N-methyl/N-ethyl adjacent to an activating group) is 1. The zero-order valence-corrected chi connectivity index (χ0v) is 16.8. The standard InChI is InChI=1S/C20H30N2O4S/c1-21(18-9-5-6-10-19(18)23)20(24)17-11-13-22(14-12-17)27(25,26)15-16-7-3-2-4-8-16/h2-4,7-8,17-19,23H,5-6,9-15H2,1H3/t18-,19+/m0/s1. The van der Waals surface area contributed by atoms with Crippen molar-refractivity contribution >= 4 is 15.9 Å². The van der Waals surface area contributed by atoms with E-state index in [-0.39, 0.29) is 23.6 Å². The van der Waals surface area contributed by atoms with Gasteiger partial charge in [-0.25, -0.2) is 12.7 Å². The Morgan fingerprint density at radius 2 is 1.74 bits per heavy atom. The molecular formula is C20H30N2O4S. The molecule has 3 rings (SSSR count). The van der Waals surface area contributed by atoms with E-state index in [1.807, 2.05) is 30.3 Å². The summed E-state index contributed by atoms with van der Waals surface area (Å²) in [6.07, 6.45) is 4.28. The summed E-state index contributed by atoms with van der Waals surface area (Å²) in [4.78, 5) is 14.5. The molecule has 150 valence electrons. The van der Waals surface area contributed by atoms with Crippen molar-refractivity contribution in [3.8, 4) is 0 Å². The molecule has 2 atom stereocenters. The first-order chi connectivity index (χ1) is 12.9. The Hall–Kier alpha value is -1.44. The minimum atomic E-state index is -3.37. The van der Waals surface area contributed by atoms with E-state index in [9.17, 15) is 18.3 Å². The lowest BCUT2D eigenvalue weighted by molar-refractivity contribution is -0.141. The number of rotatable bonds is 5. The summed E-state index contributed by atoms with van der Waals surface area (Å²) >= 11 is 0. The van der Waals surface area contributed by atoms with Crippen LogP contribution >= 0.6 is 0 Å². The van der Waals surface area contributed by atoms with Gasteiger partial charge in [-0.3, -0.25) is 4.79 Å². The molecule has 27 heavy (non-hydrogen) atoms. The fourth-order valence-electron chi connectivity index (χ4n) is 4.25. The average molecular weight is 395 g/mol. The molecule has 2 aliphatic rings. The zero-order chi connectivity index (χ0) is 19.4. The van der Waals surface area contributed by atoms with Gasteiger partial charge in [-0.05, 0) is 31.2 Å². The molecule has 1 amide bonds. The lowest BCUT2D eigenvalue weighted by Crippen LogP contribution is -2.50. The largest absolute Gasteiger partial charge is 0.391 e. The van der Waals surface area contributed by atoms with Crippen LogP contribution in [0.2, 0.25) is 0 Å². The third-order valence-electron chi connectivity index (χ3n) is 5.93. The lowest BCUT2D eigenvalue weighted by atomic mass is 9.89. The summed E-state index contributed by atoms with van der Waals surface area (Å²) < 4.78 is 26.8. The van der Waals surface area contributed by atoms with Gasteiger partial charge in [-0.1, -0.05) is 43.2 Å². The fraction of sp³-hybridized carbons (Fsp3) is 0.650. The highest BCUT2D eigenvalue weighted by atomic mass is 32.2. The minimum Gasteiger partial charge on any atom is -0.391 e. The molecular weight excluding hydrogens is 364 g/mol. The van der Waals surface area contributed by atoms with Gasteiger partial charge in [0.05, 0.1) is 17.9 Å². The van der Waals surface area contributed by atoms with E-state index < -0.39 is 16.1 Å². The van der Waals surface area contributed by atoms with Crippen LogP contribution in [0.3, 0.4) is 0 Å². The van der Waals surface area contributed by atoms with Crippen LogP contribution in [0, 0.1) is 5.92 Å². The van der Waals surface area contributed by atoms with Gasteiger partial charge in [-0.2, -0.15) is 0 Å². The normalized spacial score (nSPS) is 25.3. The first-order valence-corrected chi connectivity index (χ1v) is 11.5. The highest BCUT2D eigenvalue weighted by molar-refractivity contribution is 7.88. The number of piperidine rings is 1. The molecule has 0 unspecified atom stereocenters. The van der Waals surface area contributed by atoms with Gasteiger partial charge in [0.25, 0.3) is 0 Å². The van der Waals surface area contributed by atoms with Crippen LogP contribution in [0.15, 0.2) is 30.3 Å². The molecule has 7 heteroatoms. The number of carbonyl (C=O) groups is 1. The van der Waals surface area contributed by atoms with Crippen LogP contribution in [0.4, 0.5) is 0 Å². The van der Waals surface area contributed by atoms with E-state index in [0.29, 0.717) is 25.9 Å². The van der Waals surface area contributed by atoms with Gasteiger partial charge in [-0.15, -0.1) is 0 Å². The highest BCUT2D eigenvalue weighted by Crippen LogP contribution is 2.27. The summed E-state index contributed by atoms with van der Waals surface area (Å²) in [7, 11) is -1.59. The molecule has 0 aromatic heterocycles. The average Bonchev–Trinajstić information content (AvgIpc) is 2.68. The van der Waals surface area contributed by atoms with Crippen LogP contribution in [-0.4, -0.2) is 60.9 Å². The molecule has 1 saturated heterocycles. The van der Waals surface area contributed by atoms with E-state index in [4.69, 9.17) is 0 Å². The third-order valence-corrected chi connectivity index (χ3v) is 7.78. The van der Waals surface area contributed by atoms with Gasteiger partial charge >= 0.3 is 0 Å². The van der Waals surface area contributed by atoms with E-state index >= 15 is 0 Å². The number of sulfonamides is 1. The molecule has 1 aliphatic carbocycles. The maximum absolute atomic E-state index is 12.8. The van der Waals surface area contributed by atoms with Crippen LogP contribution in [0.25, 0.3) is 0 Å². The SMILES string of the molecule is CN(C(=O)C1CCN(S(=O)(=O)Cc2ccccc2)CC1)[C@H]1CCCC[C@H]1O. The second-order valence-electron chi connectivity index (χ2n) is 7.78. The topological polar surface area (TPSA) is 77.9 Å². The number of nitrogens with zero attached hydrogens (tertiary/aromatic N) is 2. The van der Waals surface area contributed by atoms with Crippen LogP contribution < -0.4 is 0 Å². The number of hydrogen-bond acceptors (Lipinski definition) is 4. The first-order valence-electron chi connectivity index (χ1n) is 9.85. The molecule has 2 fully saturated rings. The van der Waals surface area contributed by atoms with Crippen LogP contribution in [0.1, 0.15) is 44.1 Å². The van der Waals surface area contributed by atoms with Gasteiger partial charge in [0.2, 0.25) is 15.9 Å². The number of benzene rings is 1.